The van der Waals surface area contributed by atoms with Gasteiger partial charge in [-0.15, -0.1) is 23.2 Å². The van der Waals surface area contributed by atoms with Crippen molar-refractivity contribution in [2.24, 2.45) is 46.3 Å². The second-order valence-corrected chi connectivity index (χ2v) is 13.8. The first-order valence-corrected chi connectivity index (χ1v) is 13.5. The molecule has 0 saturated heterocycles. The molecule has 0 bridgehead atoms. The SMILES string of the molecule is CC(C)CCC[C@@H](C)[C@H]1CC[C@H]2[C@@H]3CC=C4C[C@H](O)CC(Cl)(Cl)[C@]4(C)[C@H]3CC[C@]12C. The van der Waals surface area contributed by atoms with Crippen LogP contribution in [0.15, 0.2) is 11.6 Å². The van der Waals surface area contributed by atoms with Gasteiger partial charge >= 0.3 is 0 Å². The van der Waals surface area contributed by atoms with Crippen LogP contribution in [0.3, 0.4) is 0 Å². The van der Waals surface area contributed by atoms with Gasteiger partial charge in [0.15, 0.2) is 0 Å². The molecule has 0 heterocycles. The predicted octanol–water partition coefficient (Wildman–Crippen LogP) is 8.17. The lowest BCUT2D eigenvalue weighted by Crippen LogP contribution is -2.57. The molecule has 0 amide bonds. The summed E-state index contributed by atoms with van der Waals surface area (Å²) in [5, 5.41) is 10.4. The fourth-order valence-electron chi connectivity index (χ4n) is 8.72. The van der Waals surface area contributed by atoms with Gasteiger partial charge < -0.3 is 5.11 Å². The average molecular weight is 456 g/mol. The molecule has 172 valence electrons. The van der Waals surface area contributed by atoms with E-state index in [1.54, 1.807) is 0 Å². The van der Waals surface area contributed by atoms with Crippen LogP contribution in [0.2, 0.25) is 0 Å². The Morgan fingerprint density at radius 2 is 1.80 bits per heavy atom. The number of allylic oxidation sites excluding steroid dienone is 1. The quantitative estimate of drug-likeness (QED) is 0.327. The Labute approximate surface area is 195 Å². The van der Waals surface area contributed by atoms with Crippen LogP contribution in [0.5, 0.6) is 0 Å². The lowest BCUT2D eigenvalue weighted by atomic mass is 9.46. The van der Waals surface area contributed by atoms with Crippen molar-refractivity contribution in [1.29, 1.82) is 0 Å². The number of hydrogen-bond acceptors (Lipinski definition) is 1. The van der Waals surface area contributed by atoms with E-state index < -0.39 is 10.4 Å². The highest BCUT2D eigenvalue weighted by atomic mass is 35.5. The van der Waals surface area contributed by atoms with Crippen molar-refractivity contribution in [2.45, 2.75) is 109 Å². The maximum absolute atomic E-state index is 10.4. The molecule has 0 aromatic carbocycles. The Morgan fingerprint density at radius 1 is 1.07 bits per heavy atom. The molecule has 0 radical (unpaired) electrons. The van der Waals surface area contributed by atoms with Gasteiger partial charge in [0, 0.05) is 11.8 Å². The maximum atomic E-state index is 10.4. The third-order valence-corrected chi connectivity index (χ3v) is 11.5. The largest absolute Gasteiger partial charge is 0.393 e. The average Bonchev–Trinajstić information content (AvgIpc) is 2.99. The van der Waals surface area contributed by atoms with E-state index >= 15 is 0 Å². The molecule has 3 heteroatoms. The number of alkyl halides is 2. The van der Waals surface area contributed by atoms with E-state index in [-0.39, 0.29) is 5.41 Å². The molecule has 4 rings (SSSR count). The lowest BCUT2D eigenvalue weighted by Gasteiger charge is -2.61. The second kappa shape index (κ2) is 8.25. The number of fused-ring (bicyclic) bond motifs is 5. The monoisotopic (exact) mass is 454 g/mol. The summed E-state index contributed by atoms with van der Waals surface area (Å²) in [4.78, 5) is 0. The molecule has 4 aliphatic carbocycles. The summed E-state index contributed by atoms with van der Waals surface area (Å²) < 4.78 is -0.851. The molecule has 4 aliphatic rings. The number of aliphatic hydroxyl groups excluding tert-OH is 1. The van der Waals surface area contributed by atoms with Gasteiger partial charge in [-0.2, -0.15) is 0 Å². The summed E-state index contributed by atoms with van der Waals surface area (Å²) in [7, 11) is 0. The minimum atomic E-state index is -0.851. The Bertz CT molecular complexity index is 670. The molecule has 0 aromatic heterocycles. The number of rotatable bonds is 5. The molecule has 3 fully saturated rings. The van der Waals surface area contributed by atoms with Crippen LogP contribution in [-0.2, 0) is 0 Å². The van der Waals surface area contributed by atoms with Crippen LogP contribution in [0.1, 0.15) is 98.8 Å². The second-order valence-electron chi connectivity index (χ2n) is 12.3. The fourth-order valence-corrected chi connectivity index (χ4v) is 9.60. The summed E-state index contributed by atoms with van der Waals surface area (Å²) >= 11 is 14.0. The Kier molecular flexibility index (Phi) is 6.44. The summed E-state index contributed by atoms with van der Waals surface area (Å²) in [6.45, 7) is 12.2. The summed E-state index contributed by atoms with van der Waals surface area (Å²) in [6, 6.07) is 0. The summed E-state index contributed by atoms with van der Waals surface area (Å²) in [5.74, 6) is 4.61. The van der Waals surface area contributed by atoms with E-state index in [0.29, 0.717) is 23.7 Å². The topological polar surface area (TPSA) is 20.2 Å². The maximum Gasteiger partial charge on any atom is 0.130 e. The molecular formula is C27H44Cl2O. The minimum Gasteiger partial charge on any atom is -0.393 e. The van der Waals surface area contributed by atoms with Crippen molar-refractivity contribution in [3.8, 4) is 0 Å². The first-order chi connectivity index (χ1) is 14.0. The van der Waals surface area contributed by atoms with E-state index in [2.05, 4.69) is 40.7 Å². The Balaban J connectivity index is 1.55. The summed E-state index contributed by atoms with van der Waals surface area (Å²) in [6.07, 6.45) is 14.0. The highest BCUT2D eigenvalue weighted by Crippen LogP contribution is 2.70. The van der Waals surface area contributed by atoms with Gasteiger partial charge in [0.1, 0.15) is 4.33 Å². The molecule has 1 N–H and O–H groups in total. The van der Waals surface area contributed by atoms with E-state index in [0.717, 1.165) is 30.1 Å². The van der Waals surface area contributed by atoms with Crippen LogP contribution >= 0.6 is 23.2 Å². The first-order valence-electron chi connectivity index (χ1n) is 12.8. The van der Waals surface area contributed by atoms with Crippen LogP contribution in [-0.4, -0.2) is 15.5 Å². The Morgan fingerprint density at radius 3 is 2.50 bits per heavy atom. The van der Waals surface area contributed by atoms with Gasteiger partial charge in [-0.25, -0.2) is 0 Å². The van der Waals surface area contributed by atoms with Gasteiger partial charge in [0.05, 0.1) is 6.10 Å². The lowest BCUT2D eigenvalue weighted by molar-refractivity contribution is -0.0606. The van der Waals surface area contributed by atoms with Gasteiger partial charge in [0.25, 0.3) is 0 Å². The van der Waals surface area contributed by atoms with Gasteiger partial charge in [0.2, 0.25) is 0 Å². The van der Waals surface area contributed by atoms with Gasteiger partial charge in [-0.1, -0.05) is 65.5 Å². The highest BCUT2D eigenvalue weighted by Gasteiger charge is 2.64. The van der Waals surface area contributed by atoms with Crippen LogP contribution in [0.25, 0.3) is 0 Å². The van der Waals surface area contributed by atoms with Crippen molar-refractivity contribution in [1.82, 2.24) is 0 Å². The van der Waals surface area contributed by atoms with E-state index in [4.69, 9.17) is 23.2 Å². The molecule has 30 heavy (non-hydrogen) atoms. The standard InChI is InChI=1S/C27H44Cl2O/c1-17(2)7-6-8-18(3)22-11-12-23-21-10-9-19-15-20(30)16-27(28,29)26(19,5)24(21)13-14-25(22,23)4/h9,17-18,20-24,30H,6-8,10-16H2,1-5H3/t18-,20+,21+,22-,23+,24+,25-,26+/m1/s1. The third-order valence-electron chi connectivity index (χ3n) is 10.4. The smallest absolute Gasteiger partial charge is 0.130 e. The number of aliphatic hydroxyl groups is 1. The molecular weight excluding hydrogens is 411 g/mol. The van der Waals surface area contributed by atoms with Crippen LogP contribution < -0.4 is 0 Å². The first kappa shape index (κ1) is 23.4. The molecule has 0 aliphatic heterocycles. The van der Waals surface area contributed by atoms with Crippen molar-refractivity contribution in [3.05, 3.63) is 11.6 Å². The van der Waals surface area contributed by atoms with Crippen LogP contribution in [0.4, 0.5) is 0 Å². The van der Waals surface area contributed by atoms with E-state index in [9.17, 15) is 5.11 Å². The number of hydrogen-bond donors (Lipinski definition) is 1. The third kappa shape index (κ3) is 3.62. The zero-order chi connectivity index (χ0) is 21.9. The molecule has 0 aromatic rings. The zero-order valence-electron chi connectivity index (χ0n) is 19.9. The number of halogens is 2. The molecule has 1 nitrogen and oxygen atoms in total. The summed E-state index contributed by atoms with van der Waals surface area (Å²) in [5.41, 5.74) is 1.64. The van der Waals surface area contributed by atoms with Crippen molar-refractivity contribution in [3.63, 3.8) is 0 Å². The van der Waals surface area contributed by atoms with E-state index in [1.165, 1.54) is 56.9 Å². The fraction of sp³-hybridized carbons (Fsp3) is 0.926. The molecule has 3 saturated carbocycles. The molecule has 0 unspecified atom stereocenters. The van der Waals surface area contributed by atoms with E-state index in [1.807, 2.05) is 0 Å². The van der Waals surface area contributed by atoms with Gasteiger partial charge in [-0.05, 0) is 79.4 Å². The highest BCUT2D eigenvalue weighted by molar-refractivity contribution is 6.49. The molecule has 0 spiro atoms. The minimum absolute atomic E-state index is 0.180. The van der Waals surface area contributed by atoms with Crippen LogP contribution in [0, 0.1) is 46.3 Å². The Hall–Kier alpha value is 0.280. The normalized spacial score (nSPS) is 46.0. The van der Waals surface area contributed by atoms with Crippen molar-refractivity contribution >= 4 is 23.2 Å². The van der Waals surface area contributed by atoms with Crippen molar-refractivity contribution in [2.75, 3.05) is 0 Å². The predicted molar refractivity (Wildman–Crippen MR) is 129 cm³/mol. The van der Waals surface area contributed by atoms with Gasteiger partial charge in [-0.3, -0.25) is 0 Å². The van der Waals surface area contributed by atoms with Crippen molar-refractivity contribution < 1.29 is 5.11 Å². The molecule has 8 atom stereocenters. The zero-order valence-corrected chi connectivity index (χ0v) is 21.4.